The third-order valence-electron chi connectivity index (χ3n) is 6.52. The molecule has 1 N–H and O–H groups in total. The number of carbonyl (C=O) groups is 2. The first-order chi connectivity index (χ1) is 15.5. The van der Waals surface area contributed by atoms with Crippen LogP contribution in [0.5, 0.6) is 0 Å². The van der Waals surface area contributed by atoms with Crippen LogP contribution in [0.25, 0.3) is 0 Å². The van der Waals surface area contributed by atoms with E-state index in [9.17, 15) is 14.7 Å². The standard InChI is InChI=1S/C29H31NO3/c1-19-15-22(28(3,4)5)16-20(2)26(19)25(31)17-29(33)23-13-9-10-14-24(23)30(27(29)32)18-21-11-7-6-8-12-21/h6-16,33H,17-18H2,1-5H3. The maximum absolute atomic E-state index is 13.5. The van der Waals surface area contributed by atoms with Gasteiger partial charge < -0.3 is 10.0 Å². The SMILES string of the molecule is Cc1cc(C(C)(C)C)cc(C)c1C(=O)CC1(O)C(=O)N(Cc2ccccc2)c2ccccc21. The predicted molar refractivity (Wildman–Crippen MR) is 132 cm³/mol. The van der Waals surface area contributed by atoms with E-state index in [1.807, 2.05) is 68.4 Å². The first-order valence-corrected chi connectivity index (χ1v) is 11.3. The third kappa shape index (κ3) is 4.11. The van der Waals surface area contributed by atoms with Gasteiger partial charge in [-0.15, -0.1) is 0 Å². The van der Waals surface area contributed by atoms with E-state index >= 15 is 0 Å². The number of aryl methyl sites for hydroxylation is 2. The minimum Gasteiger partial charge on any atom is -0.375 e. The van der Waals surface area contributed by atoms with Crippen molar-refractivity contribution in [3.8, 4) is 0 Å². The highest BCUT2D eigenvalue weighted by molar-refractivity contribution is 6.11. The highest BCUT2D eigenvalue weighted by atomic mass is 16.3. The molecule has 3 aromatic carbocycles. The van der Waals surface area contributed by atoms with Crippen molar-refractivity contribution >= 4 is 17.4 Å². The summed E-state index contributed by atoms with van der Waals surface area (Å²) in [5, 5.41) is 11.6. The van der Waals surface area contributed by atoms with Gasteiger partial charge in [0.1, 0.15) is 0 Å². The molecule has 1 unspecified atom stereocenters. The summed E-state index contributed by atoms with van der Waals surface area (Å²) in [6, 6.07) is 20.9. The summed E-state index contributed by atoms with van der Waals surface area (Å²) >= 11 is 0. The van der Waals surface area contributed by atoms with Crippen LogP contribution in [0.1, 0.15) is 65.4 Å². The molecule has 33 heavy (non-hydrogen) atoms. The summed E-state index contributed by atoms with van der Waals surface area (Å²) in [6.45, 7) is 10.6. The van der Waals surface area contributed by atoms with Gasteiger partial charge in [0.2, 0.25) is 0 Å². The molecule has 0 saturated heterocycles. The second-order valence-corrected chi connectivity index (χ2v) is 10.1. The molecule has 1 atom stereocenters. The monoisotopic (exact) mass is 441 g/mol. The molecule has 0 saturated carbocycles. The fourth-order valence-corrected chi connectivity index (χ4v) is 4.76. The minimum absolute atomic E-state index is 0.0341. The van der Waals surface area contributed by atoms with Crippen molar-refractivity contribution in [3.63, 3.8) is 0 Å². The highest BCUT2D eigenvalue weighted by Gasteiger charge is 2.51. The van der Waals surface area contributed by atoms with E-state index in [1.54, 1.807) is 17.0 Å². The predicted octanol–water partition coefficient (Wildman–Crippen LogP) is 5.61. The zero-order chi connectivity index (χ0) is 24.0. The van der Waals surface area contributed by atoms with Crippen LogP contribution >= 0.6 is 0 Å². The van der Waals surface area contributed by atoms with Gasteiger partial charge in [-0.2, -0.15) is 0 Å². The van der Waals surface area contributed by atoms with Gasteiger partial charge in [0.15, 0.2) is 11.4 Å². The molecular weight excluding hydrogens is 410 g/mol. The number of hydrogen-bond acceptors (Lipinski definition) is 3. The lowest BCUT2D eigenvalue weighted by atomic mass is 9.81. The maximum atomic E-state index is 13.5. The molecule has 1 aliphatic rings. The Hall–Kier alpha value is -3.24. The molecule has 4 nitrogen and oxygen atoms in total. The number of benzene rings is 3. The summed E-state index contributed by atoms with van der Waals surface area (Å²) in [7, 11) is 0. The average molecular weight is 442 g/mol. The summed E-state index contributed by atoms with van der Waals surface area (Å²) in [5.41, 5.74) is 3.66. The first kappa shape index (κ1) is 22.9. The van der Waals surface area contributed by atoms with Crippen LogP contribution in [-0.2, 0) is 22.4 Å². The van der Waals surface area contributed by atoms with Crippen molar-refractivity contribution in [2.45, 2.75) is 58.6 Å². The molecule has 0 fully saturated rings. The van der Waals surface area contributed by atoms with Crippen LogP contribution in [0.2, 0.25) is 0 Å². The van der Waals surface area contributed by atoms with Crippen molar-refractivity contribution in [3.05, 3.63) is 100 Å². The van der Waals surface area contributed by atoms with Crippen LogP contribution in [0.3, 0.4) is 0 Å². The zero-order valence-electron chi connectivity index (χ0n) is 20.0. The van der Waals surface area contributed by atoms with Gasteiger partial charge in [-0.3, -0.25) is 9.59 Å². The molecule has 1 heterocycles. The number of amides is 1. The largest absolute Gasteiger partial charge is 0.375 e. The normalized spacial score (nSPS) is 17.9. The van der Waals surface area contributed by atoms with Gasteiger partial charge in [-0.25, -0.2) is 0 Å². The van der Waals surface area contributed by atoms with E-state index in [2.05, 4.69) is 20.8 Å². The quantitative estimate of drug-likeness (QED) is 0.524. The molecule has 0 bridgehead atoms. The number of Topliss-reactive ketones (excluding diaryl/α,β-unsaturated/α-hetero) is 1. The molecule has 1 amide bonds. The van der Waals surface area contributed by atoms with Gasteiger partial charge in [-0.05, 0) is 47.6 Å². The lowest BCUT2D eigenvalue weighted by Crippen LogP contribution is -2.41. The van der Waals surface area contributed by atoms with Crippen LogP contribution in [0, 0.1) is 13.8 Å². The fourth-order valence-electron chi connectivity index (χ4n) is 4.76. The van der Waals surface area contributed by atoms with Crippen LogP contribution in [0.4, 0.5) is 5.69 Å². The van der Waals surface area contributed by atoms with Gasteiger partial charge >= 0.3 is 0 Å². The lowest BCUT2D eigenvalue weighted by molar-refractivity contribution is -0.136. The molecule has 0 radical (unpaired) electrons. The van der Waals surface area contributed by atoms with Gasteiger partial charge in [0.25, 0.3) is 5.91 Å². The molecule has 3 aromatic rings. The average Bonchev–Trinajstić information content (AvgIpc) is 2.95. The van der Waals surface area contributed by atoms with E-state index in [4.69, 9.17) is 0 Å². The van der Waals surface area contributed by atoms with Gasteiger partial charge in [0.05, 0.1) is 18.7 Å². The van der Waals surface area contributed by atoms with Crippen molar-refractivity contribution in [2.75, 3.05) is 4.90 Å². The Morgan fingerprint density at radius 1 is 0.939 bits per heavy atom. The van der Waals surface area contributed by atoms with Crippen molar-refractivity contribution in [1.29, 1.82) is 0 Å². The number of aliphatic hydroxyl groups is 1. The van der Waals surface area contributed by atoms with Crippen molar-refractivity contribution < 1.29 is 14.7 Å². The molecule has 0 aromatic heterocycles. The van der Waals surface area contributed by atoms with E-state index in [-0.39, 0.29) is 17.6 Å². The number of ketones is 1. The smallest absolute Gasteiger partial charge is 0.264 e. The number of hydrogen-bond donors (Lipinski definition) is 1. The Kier molecular flexibility index (Phi) is 5.75. The molecule has 170 valence electrons. The molecule has 0 aliphatic carbocycles. The lowest BCUT2D eigenvalue weighted by Gasteiger charge is -2.25. The first-order valence-electron chi connectivity index (χ1n) is 11.3. The Balaban J connectivity index is 1.69. The van der Waals surface area contributed by atoms with Crippen LogP contribution in [-0.4, -0.2) is 16.8 Å². The zero-order valence-corrected chi connectivity index (χ0v) is 20.0. The molecule has 4 rings (SSSR count). The number of nitrogens with zero attached hydrogens (tertiary/aromatic N) is 1. The number of anilines is 1. The topological polar surface area (TPSA) is 57.6 Å². The third-order valence-corrected chi connectivity index (χ3v) is 6.52. The summed E-state index contributed by atoms with van der Waals surface area (Å²) in [4.78, 5) is 28.6. The Morgan fingerprint density at radius 2 is 1.52 bits per heavy atom. The summed E-state index contributed by atoms with van der Waals surface area (Å²) in [5.74, 6) is -0.680. The van der Waals surface area contributed by atoms with Gasteiger partial charge in [0, 0.05) is 11.1 Å². The fraction of sp³-hybridized carbons (Fsp3) is 0.310. The molecule has 1 aliphatic heterocycles. The van der Waals surface area contributed by atoms with E-state index in [0.29, 0.717) is 23.4 Å². The number of para-hydroxylation sites is 1. The number of carbonyl (C=O) groups excluding carboxylic acids is 2. The van der Waals surface area contributed by atoms with Crippen LogP contribution < -0.4 is 4.90 Å². The summed E-state index contributed by atoms with van der Waals surface area (Å²) in [6.07, 6.45) is -0.287. The van der Waals surface area contributed by atoms with Crippen LogP contribution in [0.15, 0.2) is 66.7 Å². The number of fused-ring (bicyclic) bond motifs is 1. The summed E-state index contributed by atoms with van der Waals surface area (Å²) < 4.78 is 0. The van der Waals surface area contributed by atoms with E-state index < -0.39 is 11.5 Å². The molecule has 0 spiro atoms. The van der Waals surface area contributed by atoms with E-state index in [1.165, 1.54) is 0 Å². The number of rotatable bonds is 5. The Bertz CT molecular complexity index is 1200. The van der Waals surface area contributed by atoms with Crippen molar-refractivity contribution in [1.82, 2.24) is 0 Å². The Morgan fingerprint density at radius 3 is 2.12 bits per heavy atom. The second kappa shape index (κ2) is 8.27. The van der Waals surface area contributed by atoms with Gasteiger partial charge in [-0.1, -0.05) is 81.4 Å². The van der Waals surface area contributed by atoms with Crippen molar-refractivity contribution in [2.24, 2.45) is 0 Å². The molecule has 4 heteroatoms. The second-order valence-electron chi connectivity index (χ2n) is 10.1. The van der Waals surface area contributed by atoms with E-state index in [0.717, 1.165) is 22.3 Å². The molecular formula is C29H31NO3. The Labute approximate surface area is 195 Å². The maximum Gasteiger partial charge on any atom is 0.264 e. The highest BCUT2D eigenvalue weighted by Crippen LogP contribution is 2.44. The minimum atomic E-state index is -1.88.